The van der Waals surface area contributed by atoms with Crippen LogP contribution < -0.4 is 10.4 Å². The first-order valence-corrected chi connectivity index (χ1v) is 8.74. The van der Waals surface area contributed by atoms with Gasteiger partial charge in [-0.15, -0.1) is 16.4 Å². The summed E-state index contributed by atoms with van der Waals surface area (Å²) in [4.78, 5) is 16.8. The van der Waals surface area contributed by atoms with Gasteiger partial charge in [-0.25, -0.2) is 14.5 Å². The van der Waals surface area contributed by atoms with Crippen molar-refractivity contribution in [3.63, 3.8) is 0 Å². The van der Waals surface area contributed by atoms with Crippen LogP contribution in [0.4, 0.5) is 0 Å². The molecule has 0 atom stereocenters. The van der Waals surface area contributed by atoms with Crippen molar-refractivity contribution in [3.05, 3.63) is 80.8 Å². The van der Waals surface area contributed by atoms with Crippen LogP contribution in [-0.4, -0.2) is 19.2 Å². The Bertz CT molecular complexity index is 1060. The molecule has 0 amide bonds. The summed E-state index contributed by atoms with van der Waals surface area (Å²) < 4.78 is 8.69. The minimum atomic E-state index is -0.166. The van der Waals surface area contributed by atoms with Crippen LogP contribution in [0.2, 0.25) is 0 Å². The van der Waals surface area contributed by atoms with Crippen molar-refractivity contribution < 1.29 is 4.74 Å². The average molecular weight is 352 g/mol. The van der Waals surface area contributed by atoms with Gasteiger partial charge in [-0.3, -0.25) is 4.40 Å². The summed E-state index contributed by atoms with van der Waals surface area (Å²) in [7, 11) is 0. The van der Waals surface area contributed by atoms with Crippen molar-refractivity contribution in [2.45, 2.75) is 20.1 Å². The first-order chi connectivity index (χ1) is 12.2. The maximum Gasteiger partial charge on any atom is 0.350 e. The molecule has 0 radical (unpaired) electrons. The normalized spacial score (nSPS) is 11.1. The quantitative estimate of drug-likeness (QED) is 0.554. The second-order valence-corrected chi connectivity index (χ2v) is 6.65. The third-order valence-corrected chi connectivity index (χ3v) is 4.65. The monoisotopic (exact) mass is 352 g/mol. The second-order valence-electron chi connectivity index (χ2n) is 5.70. The highest BCUT2D eigenvalue weighted by Crippen LogP contribution is 2.16. The second kappa shape index (κ2) is 6.52. The Morgan fingerprint density at radius 1 is 1.16 bits per heavy atom. The molecule has 6 nitrogen and oxygen atoms in total. The third kappa shape index (κ3) is 3.32. The van der Waals surface area contributed by atoms with Crippen LogP contribution in [0.15, 0.2) is 58.8 Å². The van der Waals surface area contributed by atoms with E-state index < -0.39 is 0 Å². The van der Waals surface area contributed by atoms with E-state index in [1.54, 1.807) is 12.3 Å². The van der Waals surface area contributed by atoms with Gasteiger partial charge in [0.25, 0.3) is 0 Å². The number of aromatic nitrogens is 4. The van der Waals surface area contributed by atoms with Crippen LogP contribution in [-0.2, 0) is 13.2 Å². The number of rotatable bonds is 5. The van der Waals surface area contributed by atoms with Gasteiger partial charge in [0, 0.05) is 11.6 Å². The topological polar surface area (TPSA) is 61.4 Å². The van der Waals surface area contributed by atoms with Crippen molar-refractivity contribution in [1.82, 2.24) is 19.2 Å². The van der Waals surface area contributed by atoms with Gasteiger partial charge in [-0.05, 0) is 31.2 Å². The first-order valence-electron chi connectivity index (χ1n) is 7.86. The molecule has 0 fully saturated rings. The van der Waals surface area contributed by atoms with E-state index >= 15 is 0 Å². The van der Waals surface area contributed by atoms with E-state index in [0.29, 0.717) is 18.8 Å². The lowest BCUT2D eigenvalue weighted by molar-refractivity contribution is 0.305. The number of ether oxygens (including phenoxy) is 1. The highest BCUT2D eigenvalue weighted by atomic mass is 32.1. The predicted molar refractivity (Wildman–Crippen MR) is 96.2 cm³/mol. The van der Waals surface area contributed by atoms with Crippen LogP contribution >= 0.6 is 11.3 Å². The summed E-state index contributed by atoms with van der Waals surface area (Å²) >= 11 is 1.52. The van der Waals surface area contributed by atoms with Crippen molar-refractivity contribution in [2.75, 3.05) is 0 Å². The molecule has 4 aromatic rings. The van der Waals surface area contributed by atoms with E-state index in [1.165, 1.54) is 26.0 Å². The molecule has 25 heavy (non-hydrogen) atoms. The van der Waals surface area contributed by atoms with Crippen molar-refractivity contribution in [1.29, 1.82) is 0 Å². The van der Waals surface area contributed by atoms with Gasteiger partial charge < -0.3 is 4.74 Å². The smallest absolute Gasteiger partial charge is 0.350 e. The summed E-state index contributed by atoms with van der Waals surface area (Å²) in [5.41, 5.74) is 2.46. The van der Waals surface area contributed by atoms with Crippen molar-refractivity contribution >= 4 is 17.0 Å². The zero-order valence-electron chi connectivity index (χ0n) is 13.6. The highest BCUT2D eigenvalue weighted by molar-refractivity contribution is 7.09. The number of hydrogen-bond donors (Lipinski definition) is 0. The fourth-order valence-electron chi connectivity index (χ4n) is 2.49. The van der Waals surface area contributed by atoms with Gasteiger partial charge >= 0.3 is 5.69 Å². The molecule has 4 rings (SSSR count). The SMILES string of the molecule is Cc1ccc(OCc2nc(Cn3nc4ccccn4c3=O)cs2)cc1. The predicted octanol–water partition coefficient (Wildman–Crippen LogP) is 2.89. The molecule has 0 bridgehead atoms. The Hall–Kier alpha value is -2.93. The Morgan fingerprint density at radius 3 is 2.80 bits per heavy atom. The average Bonchev–Trinajstić information content (AvgIpc) is 3.20. The van der Waals surface area contributed by atoms with E-state index in [9.17, 15) is 4.79 Å². The molecule has 0 aliphatic heterocycles. The molecule has 1 aromatic carbocycles. The highest BCUT2D eigenvalue weighted by Gasteiger charge is 2.09. The van der Waals surface area contributed by atoms with Gasteiger partial charge in [-0.1, -0.05) is 23.8 Å². The third-order valence-electron chi connectivity index (χ3n) is 3.78. The van der Waals surface area contributed by atoms with Crippen molar-refractivity contribution in [2.24, 2.45) is 0 Å². The van der Waals surface area contributed by atoms with Crippen LogP contribution in [0.3, 0.4) is 0 Å². The standard InChI is InChI=1S/C18H16N4O2S/c1-13-5-7-15(8-6-13)24-11-17-19-14(12-25-17)10-22-18(23)21-9-3-2-4-16(21)20-22/h2-9,12H,10-11H2,1H3. The van der Waals surface area contributed by atoms with Gasteiger partial charge in [0.1, 0.15) is 17.4 Å². The van der Waals surface area contributed by atoms with Crippen LogP contribution in [0.5, 0.6) is 5.75 Å². The zero-order valence-corrected chi connectivity index (χ0v) is 14.4. The summed E-state index contributed by atoms with van der Waals surface area (Å²) in [6.45, 7) is 2.80. The molecule has 126 valence electrons. The van der Waals surface area contributed by atoms with E-state index in [0.717, 1.165) is 16.5 Å². The van der Waals surface area contributed by atoms with Gasteiger partial charge in [0.2, 0.25) is 0 Å². The number of nitrogens with zero attached hydrogens (tertiary/aromatic N) is 4. The summed E-state index contributed by atoms with van der Waals surface area (Å²) in [6.07, 6.45) is 1.71. The summed E-state index contributed by atoms with van der Waals surface area (Å²) in [5, 5.41) is 7.12. The largest absolute Gasteiger partial charge is 0.486 e. The zero-order chi connectivity index (χ0) is 17.2. The summed E-state index contributed by atoms with van der Waals surface area (Å²) in [5.74, 6) is 0.818. The molecule has 0 N–H and O–H groups in total. The maximum absolute atomic E-state index is 12.3. The number of aryl methyl sites for hydroxylation is 1. The molecule has 0 saturated heterocycles. The molecular weight excluding hydrogens is 336 g/mol. The molecule has 0 saturated carbocycles. The van der Waals surface area contributed by atoms with Gasteiger partial charge in [-0.2, -0.15) is 0 Å². The van der Waals surface area contributed by atoms with Crippen LogP contribution in [0, 0.1) is 6.92 Å². The number of benzene rings is 1. The van der Waals surface area contributed by atoms with Crippen molar-refractivity contribution in [3.8, 4) is 5.75 Å². The summed E-state index contributed by atoms with van der Waals surface area (Å²) in [6, 6.07) is 13.4. The van der Waals surface area contributed by atoms with E-state index in [4.69, 9.17) is 4.74 Å². The first kappa shape index (κ1) is 15.6. The van der Waals surface area contributed by atoms with Gasteiger partial charge in [0.15, 0.2) is 5.65 Å². The molecular formula is C18H16N4O2S. The molecule has 7 heteroatoms. The van der Waals surface area contributed by atoms with E-state index in [2.05, 4.69) is 10.1 Å². The Balaban J connectivity index is 1.46. The van der Waals surface area contributed by atoms with E-state index in [1.807, 2.05) is 48.7 Å². The molecule has 0 unspecified atom stereocenters. The minimum Gasteiger partial charge on any atom is -0.486 e. The Labute approximate surface area is 148 Å². The lowest BCUT2D eigenvalue weighted by Crippen LogP contribution is -2.21. The fraction of sp³-hybridized carbons (Fsp3) is 0.167. The molecule has 0 spiro atoms. The van der Waals surface area contributed by atoms with Crippen LogP contribution in [0.25, 0.3) is 5.65 Å². The Kier molecular flexibility index (Phi) is 4.07. The Morgan fingerprint density at radius 2 is 2.00 bits per heavy atom. The van der Waals surface area contributed by atoms with E-state index in [-0.39, 0.29) is 5.69 Å². The number of pyridine rings is 1. The molecule has 0 aliphatic rings. The molecule has 0 aliphatic carbocycles. The number of fused-ring (bicyclic) bond motifs is 1. The maximum atomic E-state index is 12.3. The molecule has 3 aromatic heterocycles. The number of thiazole rings is 1. The lowest BCUT2D eigenvalue weighted by atomic mass is 10.2. The van der Waals surface area contributed by atoms with Crippen LogP contribution in [0.1, 0.15) is 16.3 Å². The number of hydrogen-bond acceptors (Lipinski definition) is 5. The minimum absolute atomic E-state index is 0.166. The fourth-order valence-corrected chi connectivity index (χ4v) is 3.19. The molecule has 3 heterocycles. The lowest BCUT2D eigenvalue weighted by Gasteiger charge is -2.03. The van der Waals surface area contributed by atoms with Gasteiger partial charge in [0.05, 0.1) is 12.2 Å².